The highest BCUT2D eigenvalue weighted by Crippen LogP contribution is 2.15. The SMILES string of the molecule is CCn1cc(-c2cnc(-n3cnn(CC(CN)=C(F)F)c3=O)cn2)cn1. The minimum atomic E-state index is -1.91. The molecular weight excluding hydrogens is 346 g/mol. The largest absolute Gasteiger partial charge is 0.351 e. The van der Waals surface area contributed by atoms with E-state index in [9.17, 15) is 13.6 Å². The van der Waals surface area contributed by atoms with Crippen LogP contribution in [0.4, 0.5) is 8.78 Å². The van der Waals surface area contributed by atoms with Crippen molar-refractivity contribution in [1.82, 2.24) is 34.1 Å². The Morgan fingerprint density at radius 2 is 2.00 bits per heavy atom. The van der Waals surface area contributed by atoms with Gasteiger partial charge in [0.1, 0.15) is 6.33 Å². The van der Waals surface area contributed by atoms with E-state index in [0.29, 0.717) is 5.69 Å². The second-order valence-electron chi connectivity index (χ2n) is 5.35. The quantitative estimate of drug-likeness (QED) is 0.695. The summed E-state index contributed by atoms with van der Waals surface area (Å²) in [4.78, 5) is 20.8. The van der Waals surface area contributed by atoms with E-state index in [1.165, 1.54) is 18.7 Å². The Morgan fingerprint density at radius 3 is 2.58 bits per heavy atom. The molecule has 0 amide bonds. The Kier molecular flexibility index (Phi) is 4.98. The third kappa shape index (κ3) is 3.42. The maximum atomic E-state index is 12.7. The predicted octanol–water partition coefficient (Wildman–Crippen LogP) is 0.817. The van der Waals surface area contributed by atoms with Crippen molar-refractivity contribution in [2.45, 2.75) is 20.0 Å². The van der Waals surface area contributed by atoms with E-state index in [1.807, 2.05) is 13.1 Å². The number of hydrogen-bond donors (Lipinski definition) is 1. The first-order valence-corrected chi connectivity index (χ1v) is 7.76. The van der Waals surface area contributed by atoms with E-state index in [1.54, 1.807) is 10.9 Å². The van der Waals surface area contributed by atoms with Gasteiger partial charge in [-0.1, -0.05) is 0 Å². The summed E-state index contributed by atoms with van der Waals surface area (Å²) in [6, 6.07) is 0. The van der Waals surface area contributed by atoms with Gasteiger partial charge >= 0.3 is 5.69 Å². The van der Waals surface area contributed by atoms with Crippen molar-refractivity contribution in [3.8, 4) is 17.1 Å². The molecule has 11 heteroatoms. The molecule has 26 heavy (non-hydrogen) atoms. The standard InChI is InChI=1S/C15H16F2N8O/c1-2-23-7-11(4-21-23)12-5-20-13(6-19-12)24-9-22-25(15(24)26)8-10(3-18)14(16)17/h4-7,9H,2-3,8,18H2,1H3. The first-order chi connectivity index (χ1) is 12.5. The molecule has 0 aliphatic carbocycles. The lowest BCUT2D eigenvalue weighted by Gasteiger charge is -2.02. The second-order valence-corrected chi connectivity index (χ2v) is 5.35. The third-order valence-corrected chi connectivity index (χ3v) is 3.73. The van der Waals surface area contributed by atoms with Crippen LogP contribution < -0.4 is 11.4 Å². The molecule has 9 nitrogen and oxygen atoms in total. The lowest BCUT2D eigenvalue weighted by atomic mass is 10.3. The average molecular weight is 362 g/mol. The van der Waals surface area contributed by atoms with Crippen LogP contribution in [0.5, 0.6) is 0 Å². The topological polar surface area (TPSA) is 109 Å². The monoisotopic (exact) mass is 362 g/mol. The third-order valence-electron chi connectivity index (χ3n) is 3.73. The van der Waals surface area contributed by atoms with Gasteiger partial charge in [0.15, 0.2) is 5.82 Å². The van der Waals surface area contributed by atoms with E-state index >= 15 is 0 Å². The first-order valence-electron chi connectivity index (χ1n) is 7.76. The molecule has 0 unspecified atom stereocenters. The summed E-state index contributed by atoms with van der Waals surface area (Å²) < 4.78 is 29.2. The molecule has 0 radical (unpaired) electrons. The van der Waals surface area contributed by atoms with Crippen LogP contribution in [0.15, 0.2) is 47.6 Å². The summed E-state index contributed by atoms with van der Waals surface area (Å²) in [5, 5.41) is 7.98. The number of rotatable bonds is 6. The Labute approximate surface area is 146 Å². The minimum Gasteiger partial charge on any atom is -0.327 e. The Balaban J connectivity index is 1.86. The average Bonchev–Trinajstić information content (AvgIpc) is 3.26. The first kappa shape index (κ1) is 17.6. The molecule has 0 fully saturated rings. The lowest BCUT2D eigenvalue weighted by molar-refractivity contribution is 0.400. The number of aryl methyl sites for hydroxylation is 1. The molecule has 0 atom stereocenters. The van der Waals surface area contributed by atoms with Crippen molar-refractivity contribution in [1.29, 1.82) is 0 Å². The highest BCUT2D eigenvalue weighted by atomic mass is 19.3. The van der Waals surface area contributed by atoms with Crippen LogP contribution in [0.1, 0.15) is 6.92 Å². The molecular formula is C15H16F2N8O. The van der Waals surface area contributed by atoms with Gasteiger partial charge in [-0.2, -0.15) is 19.0 Å². The van der Waals surface area contributed by atoms with Gasteiger partial charge in [-0.15, -0.1) is 0 Å². The highest BCUT2D eigenvalue weighted by molar-refractivity contribution is 5.55. The second kappa shape index (κ2) is 7.35. The fourth-order valence-corrected chi connectivity index (χ4v) is 2.25. The van der Waals surface area contributed by atoms with Crippen LogP contribution in [-0.4, -0.2) is 40.6 Å². The molecule has 0 spiro atoms. The van der Waals surface area contributed by atoms with E-state index < -0.39 is 11.8 Å². The van der Waals surface area contributed by atoms with Gasteiger partial charge in [-0.25, -0.2) is 19.0 Å². The number of nitrogens with two attached hydrogens (primary N) is 1. The summed E-state index contributed by atoms with van der Waals surface area (Å²) in [5.41, 5.74) is 5.68. The Hall–Kier alpha value is -3.21. The zero-order chi connectivity index (χ0) is 18.7. The number of nitrogens with zero attached hydrogens (tertiary/aromatic N) is 7. The van der Waals surface area contributed by atoms with Gasteiger partial charge < -0.3 is 5.73 Å². The zero-order valence-electron chi connectivity index (χ0n) is 13.9. The summed E-state index contributed by atoms with van der Waals surface area (Å²) >= 11 is 0. The van der Waals surface area contributed by atoms with Crippen LogP contribution in [-0.2, 0) is 13.1 Å². The molecule has 3 aromatic heterocycles. The van der Waals surface area contributed by atoms with Crippen LogP contribution in [0.3, 0.4) is 0 Å². The minimum absolute atomic E-state index is 0.229. The summed E-state index contributed by atoms with van der Waals surface area (Å²) in [5.74, 6) is 0.229. The molecule has 0 aliphatic rings. The molecule has 3 aromatic rings. The van der Waals surface area contributed by atoms with E-state index in [0.717, 1.165) is 21.4 Å². The maximum Gasteiger partial charge on any atom is 0.351 e. The molecule has 3 rings (SSSR count). The molecule has 0 saturated carbocycles. The van der Waals surface area contributed by atoms with Gasteiger partial charge in [0, 0.05) is 30.4 Å². The fourth-order valence-electron chi connectivity index (χ4n) is 2.25. The predicted molar refractivity (Wildman–Crippen MR) is 88.6 cm³/mol. The lowest BCUT2D eigenvalue weighted by Crippen LogP contribution is -2.26. The molecule has 0 aromatic carbocycles. The number of hydrogen-bond acceptors (Lipinski definition) is 6. The van der Waals surface area contributed by atoms with Crippen molar-refractivity contribution >= 4 is 0 Å². The van der Waals surface area contributed by atoms with Gasteiger partial charge in [0.2, 0.25) is 0 Å². The van der Waals surface area contributed by atoms with Crippen LogP contribution in [0.25, 0.3) is 17.1 Å². The zero-order valence-corrected chi connectivity index (χ0v) is 13.9. The molecule has 136 valence electrons. The molecule has 3 heterocycles. The van der Waals surface area contributed by atoms with Crippen LogP contribution in [0.2, 0.25) is 0 Å². The van der Waals surface area contributed by atoms with E-state index in [2.05, 4.69) is 20.2 Å². The summed E-state index contributed by atoms with van der Waals surface area (Å²) in [7, 11) is 0. The summed E-state index contributed by atoms with van der Waals surface area (Å²) in [6.07, 6.45) is 5.70. The van der Waals surface area contributed by atoms with Crippen molar-refractivity contribution in [3.63, 3.8) is 0 Å². The van der Waals surface area contributed by atoms with Crippen molar-refractivity contribution in [2.24, 2.45) is 5.73 Å². The van der Waals surface area contributed by atoms with Gasteiger partial charge in [-0.3, -0.25) is 9.67 Å². The maximum absolute atomic E-state index is 12.7. The Bertz CT molecular complexity index is 982. The summed E-state index contributed by atoms with van der Waals surface area (Å²) in [6.45, 7) is 1.96. The van der Waals surface area contributed by atoms with E-state index in [4.69, 9.17) is 5.73 Å². The van der Waals surface area contributed by atoms with E-state index in [-0.39, 0.29) is 24.5 Å². The molecule has 0 saturated heterocycles. The molecule has 0 aliphatic heterocycles. The van der Waals surface area contributed by atoms with Gasteiger partial charge in [-0.05, 0) is 6.92 Å². The Morgan fingerprint density at radius 1 is 1.19 bits per heavy atom. The molecule has 0 bridgehead atoms. The van der Waals surface area contributed by atoms with Gasteiger partial charge in [0.05, 0.1) is 30.8 Å². The smallest absolute Gasteiger partial charge is 0.327 e. The molecule has 2 N–H and O–H groups in total. The van der Waals surface area contributed by atoms with Crippen molar-refractivity contribution < 1.29 is 8.78 Å². The van der Waals surface area contributed by atoms with Crippen molar-refractivity contribution in [2.75, 3.05) is 6.54 Å². The van der Waals surface area contributed by atoms with Crippen LogP contribution >= 0.6 is 0 Å². The highest BCUT2D eigenvalue weighted by Gasteiger charge is 2.13. The number of aromatic nitrogens is 7. The van der Waals surface area contributed by atoms with Crippen LogP contribution in [0, 0.1) is 0 Å². The number of halogens is 2. The van der Waals surface area contributed by atoms with Crippen molar-refractivity contribution in [3.05, 3.63) is 53.3 Å². The van der Waals surface area contributed by atoms with Gasteiger partial charge in [0.25, 0.3) is 6.08 Å². The normalized spacial score (nSPS) is 10.9. The fraction of sp³-hybridized carbons (Fsp3) is 0.267.